The Hall–Kier alpha value is -2.87. The monoisotopic (exact) mass is 384 g/mol. The number of nitrogens with zero attached hydrogens (tertiary/aromatic N) is 3. The molecule has 0 fully saturated rings. The number of aromatic nitrogens is 3. The van der Waals surface area contributed by atoms with Crippen molar-refractivity contribution in [2.24, 2.45) is 7.05 Å². The number of thioether (sulfide) groups is 1. The molecule has 8 heteroatoms. The third-order valence-corrected chi connectivity index (χ3v) is 5.08. The Bertz CT molecular complexity index is 940. The quantitative estimate of drug-likeness (QED) is 0.630. The molecule has 1 aromatic carbocycles. The first-order valence-electron chi connectivity index (χ1n) is 8.37. The van der Waals surface area contributed by atoms with Crippen molar-refractivity contribution < 1.29 is 14.1 Å². The Kier molecular flexibility index (Phi) is 5.75. The van der Waals surface area contributed by atoms with Gasteiger partial charge in [0, 0.05) is 42.0 Å². The van der Waals surface area contributed by atoms with E-state index < -0.39 is 0 Å². The zero-order valence-corrected chi connectivity index (χ0v) is 16.2. The van der Waals surface area contributed by atoms with Crippen molar-refractivity contribution in [1.29, 1.82) is 0 Å². The minimum atomic E-state index is -0.157. The average molecular weight is 384 g/mol. The molecule has 140 valence electrons. The molecule has 0 saturated carbocycles. The van der Waals surface area contributed by atoms with Crippen LogP contribution in [0.1, 0.15) is 33.2 Å². The Morgan fingerprint density at radius 3 is 2.56 bits per heavy atom. The van der Waals surface area contributed by atoms with Gasteiger partial charge in [0.2, 0.25) is 11.7 Å². The fourth-order valence-electron chi connectivity index (χ4n) is 2.57. The van der Waals surface area contributed by atoms with Crippen molar-refractivity contribution in [2.45, 2.75) is 19.6 Å². The molecular weight excluding hydrogens is 364 g/mol. The van der Waals surface area contributed by atoms with Crippen molar-refractivity contribution in [1.82, 2.24) is 14.7 Å². The van der Waals surface area contributed by atoms with Crippen LogP contribution >= 0.6 is 11.8 Å². The van der Waals surface area contributed by atoms with Crippen LogP contribution in [-0.4, -0.2) is 32.2 Å². The molecule has 0 unspecified atom stereocenters. The van der Waals surface area contributed by atoms with Crippen LogP contribution < -0.4 is 5.32 Å². The number of aryl methyl sites for hydroxylation is 3. The van der Waals surface area contributed by atoms with E-state index >= 15 is 0 Å². The largest absolute Gasteiger partial charge is 0.361 e. The normalized spacial score (nSPS) is 10.8. The van der Waals surface area contributed by atoms with Crippen LogP contribution in [0.5, 0.6) is 0 Å². The topological polar surface area (TPSA) is 90.0 Å². The second kappa shape index (κ2) is 8.22. The van der Waals surface area contributed by atoms with E-state index in [1.807, 2.05) is 13.8 Å². The van der Waals surface area contributed by atoms with Crippen molar-refractivity contribution in [3.63, 3.8) is 0 Å². The third kappa shape index (κ3) is 4.46. The van der Waals surface area contributed by atoms with Gasteiger partial charge < -0.3 is 14.4 Å². The highest BCUT2D eigenvalue weighted by atomic mass is 32.2. The zero-order valence-electron chi connectivity index (χ0n) is 15.4. The van der Waals surface area contributed by atoms with Gasteiger partial charge in [0.15, 0.2) is 5.82 Å². The minimum Gasteiger partial charge on any atom is -0.361 e. The lowest BCUT2D eigenvalue weighted by Gasteiger charge is -2.07. The molecule has 1 amide bonds. The Labute approximate surface area is 161 Å². The first-order chi connectivity index (χ1) is 13.0. The van der Waals surface area contributed by atoms with Crippen molar-refractivity contribution in [2.75, 3.05) is 11.1 Å². The summed E-state index contributed by atoms with van der Waals surface area (Å²) in [6, 6.07) is 6.80. The number of hydrogen-bond acceptors (Lipinski definition) is 6. The number of amides is 1. The SMILES string of the molecule is Cc1noc(C)c1CSCC(=O)Nc1ccc(C(=O)c2nccn2C)cc1. The minimum absolute atomic E-state index is 0.102. The number of imidazole rings is 1. The number of carbonyl (C=O) groups excluding carboxylic acids is 2. The molecule has 2 aromatic heterocycles. The second-order valence-electron chi connectivity index (χ2n) is 6.11. The number of nitrogens with one attached hydrogen (secondary N) is 1. The fourth-order valence-corrected chi connectivity index (χ4v) is 3.55. The Morgan fingerprint density at radius 1 is 1.22 bits per heavy atom. The number of benzene rings is 1. The third-order valence-electron chi connectivity index (χ3n) is 4.12. The Morgan fingerprint density at radius 2 is 1.96 bits per heavy atom. The summed E-state index contributed by atoms with van der Waals surface area (Å²) in [4.78, 5) is 28.6. The van der Waals surface area contributed by atoms with Gasteiger partial charge >= 0.3 is 0 Å². The van der Waals surface area contributed by atoms with Crippen molar-refractivity contribution >= 4 is 29.1 Å². The molecule has 7 nitrogen and oxygen atoms in total. The molecule has 1 N–H and O–H groups in total. The fraction of sp³-hybridized carbons (Fsp3) is 0.263. The van der Waals surface area contributed by atoms with Crippen LogP contribution in [-0.2, 0) is 17.6 Å². The molecule has 27 heavy (non-hydrogen) atoms. The predicted molar refractivity (Wildman–Crippen MR) is 104 cm³/mol. The summed E-state index contributed by atoms with van der Waals surface area (Å²) in [5.74, 6) is 1.89. The van der Waals surface area contributed by atoms with E-state index in [9.17, 15) is 9.59 Å². The maximum atomic E-state index is 12.4. The van der Waals surface area contributed by atoms with E-state index in [1.165, 1.54) is 11.8 Å². The van der Waals surface area contributed by atoms with E-state index in [2.05, 4.69) is 15.5 Å². The zero-order chi connectivity index (χ0) is 19.4. The van der Waals surface area contributed by atoms with E-state index in [0.717, 1.165) is 17.0 Å². The summed E-state index contributed by atoms with van der Waals surface area (Å²) in [5.41, 5.74) is 3.06. The van der Waals surface area contributed by atoms with Gasteiger partial charge in [-0.25, -0.2) is 4.98 Å². The summed E-state index contributed by atoms with van der Waals surface area (Å²) < 4.78 is 6.79. The first kappa shape index (κ1) is 18.9. The summed E-state index contributed by atoms with van der Waals surface area (Å²) in [7, 11) is 1.77. The number of hydrogen-bond donors (Lipinski definition) is 1. The molecular formula is C19H20N4O3S. The smallest absolute Gasteiger partial charge is 0.234 e. The van der Waals surface area contributed by atoms with Gasteiger partial charge in [-0.3, -0.25) is 9.59 Å². The highest BCUT2D eigenvalue weighted by Crippen LogP contribution is 2.20. The van der Waals surface area contributed by atoms with E-state index in [0.29, 0.717) is 28.6 Å². The second-order valence-corrected chi connectivity index (χ2v) is 7.10. The van der Waals surface area contributed by atoms with Crippen molar-refractivity contribution in [3.05, 3.63) is 65.1 Å². The first-order valence-corrected chi connectivity index (χ1v) is 9.52. The van der Waals surface area contributed by atoms with Gasteiger partial charge in [0.1, 0.15) is 5.76 Å². The van der Waals surface area contributed by atoms with Crippen LogP contribution in [0.3, 0.4) is 0 Å². The highest BCUT2D eigenvalue weighted by Gasteiger charge is 2.14. The van der Waals surface area contributed by atoms with Crippen LogP contribution in [0.2, 0.25) is 0 Å². The van der Waals surface area contributed by atoms with E-state index in [4.69, 9.17) is 4.52 Å². The van der Waals surface area contributed by atoms with Gasteiger partial charge in [-0.05, 0) is 38.1 Å². The highest BCUT2D eigenvalue weighted by molar-refractivity contribution is 7.99. The molecule has 3 rings (SSSR count). The molecule has 0 atom stereocenters. The average Bonchev–Trinajstić information content (AvgIpc) is 3.21. The van der Waals surface area contributed by atoms with Crippen LogP contribution in [0.15, 0.2) is 41.2 Å². The molecule has 0 aliphatic carbocycles. The lowest BCUT2D eigenvalue weighted by molar-refractivity contribution is -0.113. The van der Waals surface area contributed by atoms with Gasteiger partial charge in [-0.1, -0.05) is 5.16 Å². The van der Waals surface area contributed by atoms with Crippen molar-refractivity contribution in [3.8, 4) is 0 Å². The molecule has 0 aliphatic rings. The van der Waals surface area contributed by atoms with E-state index in [-0.39, 0.29) is 11.7 Å². The molecule has 0 aliphatic heterocycles. The van der Waals surface area contributed by atoms with Gasteiger partial charge in [0.25, 0.3) is 0 Å². The van der Waals surface area contributed by atoms with E-state index in [1.54, 1.807) is 48.3 Å². The number of rotatable bonds is 7. The summed E-state index contributed by atoms with van der Waals surface area (Å²) in [5, 5.41) is 6.74. The molecule has 0 radical (unpaired) electrons. The van der Waals surface area contributed by atoms with Crippen LogP contribution in [0, 0.1) is 13.8 Å². The maximum Gasteiger partial charge on any atom is 0.234 e. The van der Waals surface area contributed by atoms with Gasteiger partial charge in [-0.2, -0.15) is 0 Å². The maximum absolute atomic E-state index is 12.4. The Balaban J connectivity index is 1.53. The molecule has 0 spiro atoms. The predicted octanol–water partition coefficient (Wildman–Crippen LogP) is 3.13. The van der Waals surface area contributed by atoms with Crippen LogP contribution in [0.25, 0.3) is 0 Å². The lowest BCUT2D eigenvalue weighted by atomic mass is 10.1. The summed E-state index contributed by atoms with van der Waals surface area (Å²) in [6.45, 7) is 3.75. The summed E-state index contributed by atoms with van der Waals surface area (Å²) in [6.07, 6.45) is 3.31. The molecule has 3 aromatic rings. The molecule has 2 heterocycles. The summed E-state index contributed by atoms with van der Waals surface area (Å²) >= 11 is 1.50. The molecule has 0 bridgehead atoms. The van der Waals surface area contributed by atoms with Gasteiger partial charge in [0.05, 0.1) is 11.4 Å². The standard InChI is InChI=1S/C19H20N4O3S/c1-12-16(13(2)26-22-12)10-27-11-17(24)21-15-6-4-14(5-7-15)18(25)19-20-8-9-23(19)3/h4-9H,10-11H2,1-3H3,(H,21,24). The van der Waals surface area contributed by atoms with Crippen LogP contribution in [0.4, 0.5) is 5.69 Å². The lowest BCUT2D eigenvalue weighted by Crippen LogP contribution is -2.14. The van der Waals surface area contributed by atoms with Gasteiger partial charge in [-0.15, -0.1) is 11.8 Å². The number of carbonyl (C=O) groups is 2. The number of anilines is 1. The molecule has 0 saturated heterocycles. The number of ketones is 1.